The number of fused-ring (bicyclic) bond motifs is 1. The van der Waals surface area contributed by atoms with Crippen molar-refractivity contribution >= 4 is 5.82 Å². The molecule has 13 heavy (non-hydrogen) atoms. The number of nitrogens with zero attached hydrogens (tertiary/aromatic N) is 3. The van der Waals surface area contributed by atoms with Gasteiger partial charge < -0.3 is 9.64 Å². The van der Waals surface area contributed by atoms with Gasteiger partial charge in [0, 0.05) is 18.4 Å². The Morgan fingerprint density at radius 1 is 1.38 bits per heavy atom. The fourth-order valence-corrected chi connectivity index (χ4v) is 1.47. The molecule has 0 aromatic carbocycles. The third kappa shape index (κ3) is 1.43. The first-order valence-corrected chi connectivity index (χ1v) is 4.49. The summed E-state index contributed by atoms with van der Waals surface area (Å²) >= 11 is 0. The second-order valence-corrected chi connectivity index (χ2v) is 3.32. The summed E-state index contributed by atoms with van der Waals surface area (Å²) in [6.45, 7) is 5.88. The molecular formula is C9H13N3O. The summed E-state index contributed by atoms with van der Waals surface area (Å²) in [4.78, 5) is 10.6. The number of hydrogen-bond donors (Lipinski definition) is 0. The molecule has 0 fully saturated rings. The van der Waals surface area contributed by atoms with E-state index in [0.717, 1.165) is 12.4 Å². The molecule has 0 atom stereocenters. The molecule has 1 aromatic rings. The summed E-state index contributed by atoms with van der Waals surface area (Å²) in [7, 11) is 0. The van der Waals surface area contributed by atoms with Crippen LogP contribution in [0.15, 0.2) is 12.4 Å². The molecule has 0 N–H and O–H groups in total. The Hall–Kier alpha value is -1.32. The molecule has 0 saturated carbocycles. The topological polar surface area (TPSA) is 38.2 Å². The second kappa shape index (κ2) is 3.20. The molecule has 0 aliphatic carbocycles. The molecule has 1 aliphatic heterocycles. The summed E-state index contributed by atoms with van der Waals surface area (Å²) in [5.74, 6) is 1.52. The molecule has 70 valence electrons. The van der Waals surface area contributed by atoms with E-state index in [9.17, 15) is 0 Å². The lowest BCUT2D eigenvalue weighted by molar-refractivity contribution is 0.288. The van der Waals surface area contributed by atoms with Crippen LogP contribution in [0.2, 0.25) is 0 Å². The highest BCUT2D eigenvalue weighted by atomic mass is 16.5. The van der Waals surface area contributed by atoms with Crippen LogP contribution in [-0.2, 0) is 0 Å². The lowest BCUT2D eigenvalue weighted by atomic mass is 10.3. The van der Waals surface area contributed by atoms with Gasteiger partial charge >= 0.3 is 0 Å². The Labute approximate surface area is 77.6 Å². The van der Waals surface area contributed by atoms with Gasteiger partial charge in [-0.2, -0.15) is 0 Å². The average molecular weight is 179 g/mol. The smallest absolute Gasteiger partial charge is 0.257 e. The largest absolute Gasteiger partial charge is 0.473 e. The molecule has 0 spiro atoms. The Morgan fingerprint density at radius 2 is 2.15 bits per heavy atom. The van der Waals surface area contributed by atoms with Gasteiger partial charge in [-0.1, -0.05) is 0 Å². The fraction of sp³-hybridized carbons (Fsp3) is 0.556. The highest BCUT2D eigenvalue weighted by Crippen LogP contribution is 2.26. The summed E-state index contributed by atoms with van der Waals surface area (Å²) in [6.07, 6.45) is 3.35. The van der Waals surface area contributed by atoms with Gasteiger partial charge in [0.15, 0.2) is 5.82 Å². The van der Waals surface area contributed by atoms with Gasteiger partial charge in [-0.25, -0.2) is 9.97 Å². The molecule has 4 nitrogen and oxygen atoms in total. The third-order valence-corrected chi connectivity index (χ3v) is 2.11. The van der Waals surface area contributed by atoms with Crippen molar-refractivity contribution in [3.05, 3.63) is 12.4 Å². The van der Waals surface area contributed by atoms with Gasteiger partial charge in [0.1, 0.15) is 6.61 Å². The quantitative estimate of drug-likeness (QED) is 0.646. The van der Waals surface area contributed by atoms with Crippen molar-refractivity contribution in [2.75, 3.05) is 18.1 Å². The van der Waals surface area contributed by atoms with Gasteiger partial charge in [0.2, 0.25) is 0 Å². The molecule has 0 unspecified atom stereocenters. The molecule has 4 heteroatoms. The zero-order valence-corrected chi connectivity index (χ0v) is 7.90. The van der Waals surface area contributed by atoms with E-state index < -0.39 is 0 Å². The summed E-state index contributed by atoms with van der Waals surface area (Å²) in [5.41, 5.74) is 0. The first-order chi connectivity index (χ1) is 6.29. The van der Waals surface area contributed by atoms with Crippen LogP contribution < -0.4 is 9.64 Å². The van der Waals surface area contributed by atoms with Crippen LogP contribution in [0, 0.1) is 0 Å². The van der Waals surface area contributed by atoms with E-state index >= 15 is 0 Å². The van der Waals surface area contributed by atoms with Gasteiger partial charge in [-0.05, 0) is 13.8 Å². The van der Waals surface area contributed by atoms with E-state index in [1.54, 1.807) is 12.4 Å². The zero-order chi connectivity index (χ0) is 9.26. The van der Waals surface area contributed by atoms with E-state index in [4.69, 9.17) is 4.74 Å². The Balaban J connectivity index is 2.37. The van der Waals surface area contributed by atoms with Crippen molar-refractivity contribution in [3.63, 3.8) is 0 Å². The van der Waals surface area contributed by atoms with Gasteiger partial charge in [0.25, 0.3) is 5.88 Å². The van der Waals surface area contributed by atoms with Gasteiger partial charge in [-0.15, -0.1) is 0 Å². The molecule has 2 rings (SSSR count). The van der Waals surface area contributed by atoms with Crippen molar-refractivity contribution in [1.82, 2.24) is 9.97 Å². The average Bonchev–Trinajstić information content (AvgIpc) is 2.17. The standard InChI is InChI=1S/C9H13N3O/c1-7(2)12-5-6-13-9-8(12)10-3-4-11-9/h3-4,7H,5-6H2,1-2H3. The van der Waals surface area contributed by atoms with Crippen LogP contribution >= 0.6 is 0 Å². The minimum absolute atomic E-state index is 0.444. The lowest BCUT2D eigenvalue weighted by Gasteiger charge is -2.31. The first kappa shape index (κ1) is 8.29. The number of ether oxygens (including phenoxy) is 1. The SMILES string of the molecule is CC(C)N1CCOc2nccnc21. The van der Waals surface area contributed by atoms with Crippen LogP contribution in [0.3, 0.4) is 0 Å². The molecule has 0 amide bonds. The van der Waals surface area contributed by atoms with Crippen LogP contribution in [0.4, 0.5) is 5.82 Å². The molecule has 1 aliphatic rings. The Kier molecular flexibility index (Phi) is 2.04. The van der Waals surface area contributed by atoms with E-state index in [1.807, 2.05) is 0 Å². The second-order valence-electron chi connectivity index (χ2n) is 3.32. The molecule has 0 radical (unpaired) electrons. The molecule has 0 bridgehead atoms. The van der Waals surface area contributed by atoms with E-state index in [1.165, 1.54) is 0 Å². The first-order valence-electron chi connectivity index (χ1n) is 4.49. The fourth-order valence-electron chi connectivity index (χ4n) is 1.47. The highest BCUT2D eigenvalue weighted by molar-refractivity contribution is 5.49. The van der Waals surface area contributed by atoms with Crippen LogP contribution in [0.1, 0.15) is 13.8 Å². The summed E-state index contributed by atoms with van der Waals surface area (Å²) < 4.78 is 5.39. The van der Waals surface area contributed by atoms with Crippen molar-refractivity contribution in [3.8, 4) is 5.88 Å². The van der Waals surface area contributed by atoms with Crippen LogP contribution in [-0.4, -0.2) is 29.2 Å². The normalized spacial score (nSPS) is 15.5. The number of anilines is 1. The summed E-state index contributed by atoms with van der Waals surface area (Å²) in [5, 5.41) is 0. The summed E-state index contributed by atoms with van der Waals surface area (Å²) in [6, 6.07) is 0.444. The minimum Gasteiger partial charge on any atom is -0.473 e. The van der Waals surface area contributed by atoms with Crippen molar-refractivity contribution < 1.29 is 4.74 Å². The van der Waals surface area contributed by atoms with Crippen LogP contribution in [0.25, 0.3) is 0 Å². The lowest BCUT2D eigenvalue weighted by Crippen LogP contribution is -2.38. The molecule has 0 saturated heterocycles. The number of aromatic nitrogens is 2. The third-order valence-electron chi connectivity index (χ3n) is 2.11. The van der Waals surface area contributed by atoms with Crippen molar-refractivity contribution in [2.45, 2.75) is 19.9 Å². The van der Waals surface area contributed by atoms with E-state index in [0.29, 0.717) is 18.5 Å². The predicted molar refractivity (Wildman–Crippen MR) is 50.0 cm³/mol. The Morgan fingerprint density at radius 3 is 2.92 bits per heavy atom. The minimum atomic E-state index is 0.444. The van der Waals surface area contributed by atoms with Crippen molar-refractivity contribution in [2.24, 2.45) is 0 Å². The van der Waals surface area contributed by atoms with Gasteiger partial charge in [-0.3, -0.25) is 0 Å². The molecule has 1 aromatic heterocycles. The highest BCUT2D eigenvalue weighted by Gasteiger charge is 2.21. The van der Waals surface area contributed by atoms with E-state index in [2.05, 4.69) is 28.7 Å². The maximum Gasteiger partial charge on any atom is 0.257 e. The van der Waals surface area contributed by atoms with Crippen molar-refractivity contribution in [1.29, 1.82) is 0 Å². The number of rotatable bonds is 1. The Bertz CT molecular complexity index is 301. The monoisotopic (exact) mass is 179 g/mol. The zero-order valence-electron chi connectivity index (χ0n) is 7.90. The van der Waals surface area contributed by atoms with Crippen LogP contribution in [0.5, 0.6) is 5.88 Å². The molecule has 2 heterocycles. The van der Waals surface area contributed by atoms with Gasteiger partial charge in [0.05, 0.1) is 6.54 Å². The molecular weight excluding hydrogens is 166 g/mol. The maximum absolute atomic E-state index is 5.39. The van der Waals surface area contributed by atoms with E-state index in [-0.39, 0.29) is 0 Å². The number of hydrogen-bond acceptors (Lipinski definition) is 4. The predicted octanol–water partition coefficient (Wildman–Crippen LogP) is 1.08. The maximum atomic E-state index is 5.39.